The van der Waals surface area contributed by atoms with Gasteiger partial charge in [-0.15, -0.1) is 0 Å². The number of aromatic nitrogens is 2. The van der Waals surface area contributed by atoms with Gasteiger partial charge >= 0.3 is 0 Å². The molecule has 0 unspecified atom stereocenters. The first-order chi connectivity index (χ1) is 8.11. The molecule has 8 heteroatoms. The molecule has 0 saturated heterocycles. The van der Waals surface area contributed by atoms with E-state index in [1.165, 1.54) is 10.8 Å². The molecule has 0 aliphatic rings. The predicted molar refractivity (Wildman–Crippen MR) is 70.0 cm³/mol. The maximum atomic E-state index is 12.0. The van der Waals surface area contributed by atoms with E-state index in [9.17, 15) is 13.2 Å². The Hall–Kier alpha value is -1.41. The Morgan fingerprint density at radius 2 is 2.06 bits per heavy atom. The van der Waals surface area contributed by atoms with Gasteiger partial charge in [-0.25, -0.2) is 18.5 Å². The van der Waals surface area contributed by atoms with Crippen LogP contribution in [0.2, 0.25) is 0 Å². The Morgan fingerprint density at radius 1 is 1.44 bits per heavy atom. The van der Waals surface area contributed by atoms with Crippen LogP contribution in [0.1, 0.15) is 20.8 Å². The molecule has 0 radical (unpaired) electrons. The monoisotopic (exact) mass is 274 g/mol. The van der Waals surface area contributed by atoms with Gasteiger partial charge in [-0.2, -0.15) is 0 Å². The lowest BCUT2D eigenvalue weighted by atomic mass is 10.1. The second-order valence-corrected chi connectivity index (χ2v) is 6.65. The Labute approximate surface area is 106 Å². The first-order valence-corrected chi connectivity index (χ1v) is 7.15. The van der Waals surface area contributed by atoms with Crippen LogP contribution in [-0.2, 0) is 15.6 Å². The lowest BCUT2D eigenvalue weighted by molar-refractivity contribution is 0.383. The van der Waals surface area contributed by atoms with E-state index in [0.717, 1.165) is 0 Å². The molecule has 1 heterocycles. The number of anilines is 1. The summed E-state index contributed by atoms with van der Waals surface area (Å²) in [6.45, 7) is 5.72. The molecule has 0 bridgehead atoms. The van der Waals surface area contributed by atoms with Crippen LogP contribution >= 0.6 is 0 Å². The number of hydrogen-bond acceptors (Lipinski definition) is 5. The third-order valence-corrected chi connectivity index (χ3v) is 3.02. The highest BCUT2D eigenvalue weighted by atomic mass is 32.2. The standard InChI is InChI=1S/C10H18N4O3S/c1-10(2,3)14-6-4-12-8(9(14)15)13-5-7-18(11,16)17/h4,6H,5,7H2,1-3H3,(H,12,13)(H2,11,16,17). The first-order valence-electron chi connectivity index (χ1n) is 5.44. The molecule has 1 rings (SSSR count). The van der Waals surface area contributed by atoms with Crippen LogP contribution in [-0.4, -0.2) is 30.3 Å². The van der Waals surface area contributed by atoms with Crippen LogP contribution in [0.4, 0.5) is 5.82 Å². The molecule has 0 atom stereocenters. The summed E-state index contributed by atoms with van der Waals surface area (Å²) < 4.78 is 23.1. The molecule has 3 N–H and O–H groups in total. The van der Waals surface area contributed by atoms with Crippen molar-refractivity contribution in [3.63, 3.8) is 0 Å². The summed E-state index contributed by atoms with van der Waals surface area (Å²) >= 11 is 0. The van der Waals surface area contributed by atoms with Crippen LogP contribution in [0, 0.1) is 0 Å². The van der Waals surface area contributed by atoms with E-state index in [2.05, 4.69) is 10.3 Å². The van der Waals surface area contributed by atoms with Gasteiger partial charge in [-0.1, -0.05) is 0 Å². The zero-order valence-corrected chi connectivity index (χ0v) is 11.5. The van der Waals surface area contributed by atoms with E-state index < -0.39 is 10.0 Å². The van der Waals surface area contributed by atoms with Crippen molar-refractivity contribution in [1.29, 1.82) is 0 Å². The molecule has 0 aliphatic heterocycles. The fraction of sp³-hybridized carbons (Fsp3) is 0.600. The lowest BCUT2D eigenvalue weighted by Crippen LogP contribution is -2.35. The zero-order valence-electron chi connectivity index (χ0n) is 10.7. The number of sulfonamides is 1. The second kappa shape index (κ2) is 5.07. The van der Waals surface area contributed by atoms with E-state index >= 15 is 0 Å². The van der Waals surface area contributed by atoms with Crippen LogP contribution in [0.3, 0.4) is 0 Å². The van der Waals surface area contributed by atoms with Gasteiger partial charge in [0.2, 0.25) is 10.0 Å². The highest BCUT2D eigenvalue weighted by Crippen LogP contribution is 2.10. The summed E-state index contributed by atoms with van der Waals surface area (Å²) in [4.78, 5) is 15.9. The van der Waals surface area contributed by atoms with Gasteiger partial charge < -0.3 is 9.88 Å². The van der Waals surface area contributed by atoms with E-state index in [1.54, 1.807) is 6.20 Å². The van der Waals surface area contributed by atoms with Crippen molar-refractivity contribution < 1.29 is 8.42 Å². The number of nitrogens with zero attached hydrogens (tertiary/aromatic N) is 2. The van der Waals surface area contributed by atoms with Crippen molar-refractivity contribution in [3.05, 3.63) is 22.7 Å². The largest absolute Gasteiger partial charge is 0.364 e. The molecule has 0 spiro atoms. The molecule has 0 aliphatic carbocycles. The Balaban J connectivity index is 2.89. The summed E-state index contributed by atoms with van der Waals surface area (Å²) in [6.07, 6.45) is 3.08. The summed E-state index contributed by atoms with van der Waals surface area (Å²) in [6, 6.07) is 0. The van der Waals surface area contributed by atoms with E-state index in [4.69, 9.17) is 5.14 Å². The quantitative estimate of drug-likeness (QED) is 0.783. The molecule has 0 saturated carbocycles. The van der Waals surface area contributed by atoms with Crippen molar-refractivity contribution in [2.45, 2.75) is 26.3 Å². The lowest BCUT2D eigenvalue weighted by Gasteiger charge is -2.22. The molecule has 1 aromatic rings. The van der Waals surface area contributed by atoms with Crippen molar-refractivity contribution in [3.8, 4) is 0 Å². The second-order valence-electron chi connectivity index (χ2n) is 4.92. The van der Waals surface area contributed by atoms with Gasteiger partial charge in [0.05, 0.1) is 5.75 Å². The predicted octanol–water partition coefficient (Wildman–Crippen LogP) is -0.301. The third-order valence-electron chi connectivity index (χ3n) is 2.24. The summed E-state index contributed by atoms with van der Waals surface area (Å²) in [5.74, 6) is -0.130. The maximum Gasteiger partial charge on any atom is 0.293 e. The van der Waals surface area contributed by atoms with Crippen LogP contribution in [0.25, 0.3) is 0 Å². The molecule has 102 valence electrons. The first kappa shape index (κ1) is 14.7. The van der Waals surface area contributed by atoms with Crippen molar-refractivity contribution in [1.82, 2.24) is 9.55 Å². The van der Waals surface area contributed by atoms with E-state index in [-0.39, 0.29) is 29.2 Å². The summed E-state index contributed by atoms with van der Waals surface area (Å²) in [7, 11) is -3.54. The fourth-order valence-electron chi connectivity index (χ4n) is 1.37. The highest BCUT2D eigenvalue weighted by Gasteiger charge is 2.16. The average Bonchev–Trinajstić information content (AvgIpc) is 2.17. The van der Waals surface area contributed by atoms with Crippen LogP contribution in [0.5, 0.6) is 0 Å². The molecule has 0 aromatic carbocycles. The Morgan fingerprint density at radius 3 is 2.56 bits per heavy atom. The minimum Gasteiger partial charge on any atom is -0.364 e. The maximum absolute atomic E-state index is 12.0. The minimum absolute atomic E-state index is 0.0508. The molecular formula is C10H18N4O3S. The Bertz CT molecular complexity index is 572. The topological polar surface area (TPSA) is 107 Å². The highest BCUT2D eigenvalue weighted by molar-refractivity contribution is 7.89. The average molecular weight is 274 g/mol. The van der Waals surface area contributed by atoms with Crippen LogP contribution < -0.4 is 16.0 Å². The number of nitrogens with one attached hydrogen (secondary N) is 1. The van der Waals surface area contributed by atoms with Crippen molar-refractivity contribution in [2.24, 2.45) is 5.14 Å². The summed E-state index contributed by atoms with van der Waals surface area (Å²) in [5.41, 5.74) is -0.657. The summed E-state index contributed by atoms with van der Waals surface area (Å²) in [5, 5.41) is 7.54. The van der Waals surface area contributed by atoms with Crippen LogP contribution in [0.15, 0.2) is 17.2 Å². The number of nitrogens with two attached hydrogens (primary N) is 1. The van der Waals surface area contributed by atoms with Gasteiger partial charge in [0.1, 0.15) is 0 Å². The smallest absolute Gasteiger partial charge is 0.293 e. The zero-order chi connectivity index (χ0) is 14.0. The van der Waals surface area contributed by atoms with Gasteiger partial charge in [-0.05, 0) is 20.8 Å². The molecule has 0 amide bonds. The third kappa shape index (κ3) is 4.11. The van der Waals surface area contributed by atoms with Gasteiger partial charge in [0.25, 0.3) is 5.56 Å². The van der Waals surface area contributed by atoms with E-state index in [1.807, 2.05) is 20.8 Å². The minimum atomic E-state index is -3.54. The number of hydrogen-bond donors (Lipinski definition) is 2. The number of primary sulfonamides is 1. The fourth-order valence-corrected chi connectivity index (χ4v) is 1.76. The van der Waals surface area contributed by atoms with Crippen molar-refractivity contribution >= 4 is 15.8 Å². The molecule has 1 aromatic heterocycles. The normalized spacial score (nSPS) is 12.4. The molecule has 18 heavy (non-hydrogen) atoms. The molecule has 0 fully saturated rings. The van der Waals surface area contributed by atoms with Crippen molar-refractivity contribution in [2.75, 3.05) is 17.6 Å². The molecule has 7 nitrogen and oxygen atoms in total. The van der Waals surface area contributed by atoms with Gasteiger partial charge in [-0.3, -0.25) is 4.79 Å². The van der Waals surface area contributed by atoms with Gasteiger partial charge in [0, 0.05) is 24.5 Å². The molecular weight excluding hydrogens is 256 g/mol. The SMILES string of the molecule is CC(C)(C)n1ccnc(NCCS(N)(=O)=O)c1=O. The van der Waals surface area contributed by atoms with Gasteiger partial charge in [0.15, 0.2) is 5.82 Å². The Kier molecular flexibility index (Phi) is 4.12. The number of rotatable bonds is 4. The van der Waals surface area contributed by atoms with E-state index in [0.29, 0.717) is 0 Å².